The van der Waals surface area contributed by atoms with E-state index in [0.29, 0.717) is 6.54 Å². The van der Waals surface area contributed by atoms with E-state index in [-0.39, 0.29) is 0 Å². The average Bonchev–Trinajstić information content (AvgIpc) is 2.29. The second-order valence-corrected chi connectivity index (χ2v) is 4.32. The quantitative estimate of drug-likeness (QED) is 0.875. The van der Waals surface area contributed by atoms with Crippen LogP contribution in [-0.4, -0.2) is 9.97 Å². The molecule has 88 valence electrons. The van der Waals surface area contributed by atoms with Crippen LogP contribution < -0.4 is 5.32 Å². The minimum Gasteiger partial charge on any atom is -0.379 e. The van der Waals surface area contributed by atoms with Crippen molar-refractivity contribution in [2.45, 2.75) is 27.3 Å². The van der Waals surface area contributed by atoms with Gasteiger partial charge in [-0.1, -0.05) is 17.7 Å². The molecule has 0 radical (unpaired) electrons. The number of nitrogens with zero attached hydrogens (tertiary/aromatic N) is 2. The number of aryl methyl sites for hydroxylation is 3. The van der Waals surface area contributed by atoms with Crippen LogP contribution >= 0.6 is 0 Å². The summed E-state index contributed by atoms with van der Waals surface area (Å²) in [5.74, 6) is 0. The maximum absolute atomic E-state index is 4.25. The van der Waals surface area contributed by atoms with Crippen LogP contribution in [0, 0.1) is 20.8 Å². The van der Waals surface area contributed by atoms with Gasteiger partial charge in [0.2, 0.25) is 0 Å². The van der Waals surface area contributed by atoms with Gasteiger partial charge in [0.25, 0.3) is 0 Å². The molecule has 0 atom stereocenters. The molecule has 0 saturated carbocycles. The molecule has 1 heterocycles. The van der Waals surface area contributed by atoms with Crippen molar-refractivity contribution in [3.63, 3.8) is 0 Å². The lowest BCUT2D eigenvalue weighted by Crippen LogP contribution is -2.05. The Bertz CT molecular complexity index is 483. The SMILES string of the molecule is Cc1cc(C)c(NCc2cnccn2)c(C)c1. The summed E-state index contributed by atoms with van der Waals surface area (Å²) < 4.78 is 0. The van der Waals surface area contributed by atoms with Gasteiger partial charge < -0.3 is 5.32 Å². The maximum atomic E-state index is 4.25. The molecule has 17 heavy (non-hydrogen) atoms. The average molecular weight is 227 g/mol. The molecule has 1 N–H and O–H groups in total. The van der Waals surface area contributed by atoms with Crippen LogP contribution in [0.1, 0.15) is 22.4 Å². The van der Waals surface area contributed by atoms with Gasteiger partial charge in [0.05, 0.1) is 18.4 Å². The molecule has 0 aliphatic carbocycles. The summed E-state index contributed by atoms with van der Waals surface area (Å²) in [6.45, 7) is 7.07. The number of aromatic nitrogens is 2. The third kappa shape index (κ3) is 2.81. The second kappa shape index (κ2) is 4.95. The molecule has 0 saturated heterocycles. The summed E-state index contributed by atoms with van der Waals surface area (Å²) in [4.78, 5) is 8.30. The Morgan fingerprint density at radius 1 is 1.06 bits per heavy atom. The van der Waals surface area contributed by atoms with E-state index in [1.165, 1.54) is 22.4 Å². The van der Waals surface area contributed by atoms with E-state index in [1.54, 1.807) is 18.6 Å². The predicted octanol–water partition coefficient (Wildman–Crippen LogP) is 3.01. The fraction of sp³-hybridized carbons (Fsp3) is 0.286. The highest BCUT2D eigenvalue weighted by atomic mass is 14.9. The number of nitrogens with one attached hydrogen (secondary N) is 1. The van der Waals surface area contributed by atoms with Gasteiger partial charge in [-0.15, -0.1) is 0 Å². The van der Waals surface area contributed by atoms with Crippen LogP contribution in [-0.2, 0) is 6.54 Å². The summed E-state index contributed by atoms with van der Waals surface area (Å²) in [7, 11) is 0. The Morgan fingerprint density at radius 3 is 2.35 bits per heavy atom. The summed E-state index contributed by atoms with van der Waals surface area (Å²) in [5, 5.41) is 3.42. The van der Waals surface area contributed by atoms with Gasteiger partial charge in [0, 0.05) is 18.1 Å². The Balaban J connectivity index is 2.15. The Hall–Kier alpha value is -1.90. The molecule has 1 aromatic heterocycles. The molecular formula is C14H17N3. The van der Waals surface area contributed by atoms with Crippen molar-refractivity contribution in [1.29, 1.82) is 0 Å². The smallest absolute Gasteiger partial charge is 0.0777 e. The molecule has 0 unspecified atom stereocenters. The molecule has 0 fully saturated rings. The summed E-state index contributed by atoms with van der Waals surface area (Å²) in [6, 6.07) is 4.37. The largest absolute Gasteiger partial charge is 0.379 e. The first kappa shape index (κ1) is 11.6. The normalized spacial score (nSPS) is 10.3. The first-order valence-corrected chi connectivity index (χ1v) is 5.73. The number of anilines is 1. The van der Waals surface area contributed by atoms with E-state index < -0.39 is 0 Å². The van der Waals surface area contributed by atoms with E-state index >= 15 is 0 Å². The first-order chi connectivity index (χ1) is 8.16. The van der Waals surface area contributed by atoms with E-state index in [4.69, 9.17) is 0 Å². The molecule has 3 heteroatoms. The fourth-order valence-corrected chi connectivity index (χ4v) is 2.06. The summed E-state index contributed by atoms with van der Waals surface area (Å²) >= 11 is 0. The van der Waals surface area contributed by atoms with Crippen LogP contribution in [0.4, 0.5) is 5.69 Å². The molecule has 2 rings (SSSR count). The number of hydrogen-bond acceptors (Lipinski definition) is 3. The summed E-state index contributed by atoms with van der Waals surface area (Å²) in [5.41, 5.74) is 5.98. The number of hydrogen-bond donors (Lipinski definition) is 1. The molecule has 0 aliphatic rings. The minimum atomic E-state index is 0.707. The van der Waals surface area contributed by atoms with Crippen molar-refractivity contribution in [2.75, 3.05) is 5.32 Å². The standard InChI is InChI=1S/C14H17N3/c1-10-6-11(2)14(12(3)7-10)17-9-13-8-15-4-5-16-13/h4-8,17H,9H2,1-3H3. The van der Waals surface area contributed by atoms with Crippen molar-refractivity contribution in [3.8, 4) is 0 Å². The van der Waals surface area contributed by atoms with Gasteiger partial charge in [-0.2, -0.15) is 0 Å². The van der Waals surface area contributed by atoms with E-state index in [9.17, 15) is 0 Å². The monoisotopic (exact) mass is 227 g/mol. The molecule has 0 spiro atoms. The van der Waals surface area contributed by atoms with Crippen molar-refractivity contribution in [2.24, 2.45) is 0 Å². The molecule has 2 aromatic rings. The Morgan fingerprint density at radius 2 is 1.76 bits per heavy atom. The zero-order chi connectivity index (χ0) is 12.3. The van der Waals surface area contributed by atoms with Crippen LogP contribution in [0.25, 0.3) is 0 Å². The zero-order valence-electron chi connectivity index (χ0n) is 10.5. The molecule has 0 bridgehead atoms. The van der Waals surface area contributed by atoms with Gasteiger partial charge in [0.15, 0.2) is 0 Å². The highest BCUT2D eigenvalue weighted by molar-refractivity contribution is 5.58. The highest BCUT2D eigenvalue weighted by Crippen LogP contribution is 2.22. The lowest BCUT2D eigenvalue weighted by molar-refractivity contribution is 1.00. The van der Waals surface area contributed by atoms with Crippen LogP contribution in [0.15, 0.2) is 30.7 Å². The highest BCUT2D eigenvalue weighted by Gasteiger charge is 2.03. The fourth-order valence-electron chi connectivity index (χ4n) is 2.06. The molecule has 0 amide bonds. The third-order valence-electron chi connectivity index (χ3n) is 2.74. The van der Waals surface area contributed by atoms with Crippen molar-refractivity contribution in [3.05, 3.63) is 53.1 Å². The Kier molecular flexibility index (Phi) is 3.38. The second-order valence-electron chi connectivity index (χ2n) is 4.32. The number of rotatable bonds is 3. The van der Waals surface area contributed by atoms with Gasteiger partial charge in [-0.05, 0) is 31.9 Å². The van der Waals surface area contributed by atoms with E-state index in [2.05, 4.69) is 48.2 Å². The van der Waals surface area contributed by atoms with Gasteiger partial charge in [-0.3, -0.25) is 9.97 Å². The van der Waals surface area contributed by atoms with Crippen molar-refractivity contribution < 1.29 is 0 Å². The Labute approximate surface area is 102 Å². The molecule has 0 aliphatic heterocycles. The predicted molar refractivity (Wildman–Crippen MR) is 70.0 cm³/mol. The lowest BCUT2D eigenvalue weighted by atomic mass is 10.1. The van der Waals surface area contributed by atoms with Gasteiger partial charge >= 0.3 is 0 Å². The molecule has 1 aromatic carbocycles. The van der Waals surface area contributed by atoms with Crippen molar-refractivity contribution >= 4 is 5.69 Å². The van der Waals surface area contributed by atoms with Crippen LogP contribution in [0.2, 0.25) is 0 Å². The maximum Gasteiger partial charge on any atom is 0.0777 e. The third-order valence-corrected chi connectivity index (χ3v) is 2.74. The topological polar surface area (TPSA) is 37.8 Å². The molecule has 3 nitrogen and oxygen atoms in total. The van der Waals surface area contributed by atoms with Crippen LogP contribution in [0.3, 0.4) is 0 Å². The van der Waals surface area contributed by atoms with Gasteiger partial charge in [-0.25, -0.2) is 0 Å². The summed E-state index contributed by atoms with van der Waals surface area (Å²) in [6.07, 6.45) is 5.18. The minimum absolute atomic E-state index is 0.707. The van der Waals surface area contributed by atoms with Crippen LogP contribution in [0.5, 0.6) is 0 Å². The first-order valence-electron chi connectivity index (χ1n) is 5.73. The molecular weight excluding hydrogens is 210 g/mol. The number of benzene rings is 1. The van der Waals surface area contributed by atoms with E-state index in [1.807, 2.05) is 0 Å². The van der Waals surface area contributed by atoms with Gasteiger partial charge in [0.1, 0.15) is 0 Å². The zero-order valence-corrected chi connectivity index (χ0v) is 10.5. The lowest BCUT2D eigenvalue weighted by Gasteiger charge is -2.13. The van der Waals surface area contributed by atoms with Crippen molar-refractivity contribution in [1.82, 2.24) is 9.97 Å². The van der Waals surface area contributed by atoms with E-state index in [0.717, 1.165) is 5.69 Å².